The van der Waals surface area contributed by atoms with Crippen molar-refractivity contribution in [2.24, 2.45) is 5.92 Å². The molecule has 7 nitrogen and oxygen atoms in total. The first kappa shape index (κ1) is 19.6. The summed E-state index contributed by atoms with van der Waals surface area (Å²) in [4.78, 5) is 27.7. The highest BCUT2D eigenvalue weighted by Gasteiger charge is 2.51. The average molecular weight is 375 g/mol. The zero-order valence-corrected chi connectivity index (χ0v) is 16.1. The summed E-state index contributed by atoms with van der Waals surface area (Å²) < 4.78 is 5.94. The molecular weight excluding hydrogens is 346 g/mol. The SMILES string of the molecule is CN(C)CCOc1ccccc1CN1CCC2(CC1)NC(=O)CC2C(=O)O. The van der Waals surface area contributed by atoms with Gasteiger partial charge in [-0.3, -0.25) is 14.5 Å². The van der Waals surface area contributed by atoms with E-state index in [2.05, 4.69) is 21.2 Å². The number of rotatable bonds is 7. The molecular formula is C20H29N3O4. The number of para-hydroxylation sites is 1. The lowest BCUT2D eigenvalue weighted by Gasteiger charge is -2.41. The van der Waals surface area contributed by atoms with Gasteiger partial charge < -0.3 is 20.1 Å². The van der Waals surface area contributed by atoms with Crippen molar-refractivity contribution in [2.45, 2.75) is 31.3 Å². The lowest BCUT2D eigenvalue weighted by Crippen LogP contribution is -2.55. The van der Waals surface area contributed by atoms with Gasteiger partial charge in [0, 0.05) is 38.2 Å². The molecule has 1 aromatic rings. The first-order valence-electron chi connectivity index (χ1n) is 9.51. The van der Waals surface area contributed by atoms with E-state index in [0.29, 0.717) is 19.4 Å². The second-order valence-electron chi connectivity index (χ2n) is 7.83. The molecule has 1 amide bonds. The van der Waals surface area contributed by atoms with Gasteiger partial charge in [-0.15, -0.1) is 0 Å². The normalized spacial score (nSPS) is 22.2. The molecule has 7 heteroatoms. The van der Waals surface area contributed by atoms with Gasteiger partial charge in [0.2, 0.25) is 5.91 Å². The largest absolute Gasteiger partial charge is 0.492 e. The van der Waals surface area contributed by atoms with E-state index in [4.69, 9.17) is 4.74 Å². The van der Waals surface area contributed by atoms with Gasteiger partial charge in [0.05, 0.1) is 11.5 Å². The van der Waals surface area contributed by atoms with Crippen LogP contribution in [0.1, 0.15) is 24.8 Å². The molecule has 0 radical (unpaired) electrons. The van der Waals surface area contributed by atoms with E-state index in [1.807, 2.05) is 32.3 Å². The summed E-state index contributed by atoms with van der Waals surface area (Å²) in [7, 11) is 4.04. The standard InChI is InChI=1S/C20H29N3O4/c1-22(2)11-12-27-17-6-4-3-5-15(17)14-23-9-7-20(8-10-23)16(19(25)26)13-18(24)21-20/h3-6,16H,7-14H2,1-2H3,(H,21,24)(H,25,26). The number of hydrogen-bond donors (Lipinski definition) is 2. The molecule has 1 aromatic carbocycles. The third-order valence-corrected chi connectivity index (χ3v) is 5.65. The van der Waals surface area contributed by atoms with E-state index < -0.39 is 17.4 Å². The number of likely N-dealkylation sites (N-methyl/N-ethyl adjacent to an activating group) is 1. The number of carboxylic acid groups (broad SMARTS) is 1. The first-order valence-corrected chi connectivity index (χ1v) is 9.51. The molecule has 2 aliphatic rings. The Morgan fingerprint density at radius 1 is 1.33 bits per heavy atom. The van der Waals surface area contributed by atoms with Crippen LogP contribution in [0.15, 0.2) is 24.3 Å². The minimum Gasteiger partial charge on any atom is -0.492 e. The maximum absolute atomic E-state index is 11.8. The van der Waals surface area contributed by atoms with Crippen molar-refractivity contribution in [1.29, 1.82) is 0 Å². The quantitative estimate of drug-likeness (QED) is 0.745. The number of nitrogens with one attached hydrogen (secondary N) is 1. The maximum Gasteiger partial charge on any atom is 0.309 e. The number of carbonyl (C=O) groups is 2. The van der Waals surface area contributed by atoms with Crippen molar-refractivity contribution in [3.63, 3.8) is 0 Å². The Kier molecular flexibility index (Phi) is 6.01. The topological polar surface area (TPSA) is 82.1 Å². The van der Waals surface area contributed by atoms with Gasteiger partial charge in [0.25, 0.3) is 0 Å². The summed E-state index contributed by atoms with van der Waals surface area (Å²) in [5, 5.41) is 12.4. The number of piperidine rings is 1. The average Bonchev–Trinajstić information content (AvgIpc) is 2.94. The van der Waals surface area contributed by atoms with Crippen molar-refractivity contribution >= 4 is 11.9 Å². The van der Waals surface area contributed by atoms with E-state index in [-0.39, 0.29) is 12.3 Å². The molecule has 2 saturated heterocycles. The van der Waals surface area contributed by atoms with Gasteiger partial charge in [-0.1, -0.05) is 18.2 Å². The first-order chi connectivity index (χ1) is 12.9. The minimum absolute atomic E-state index is 0.0951. The van der Waals surface area contributed by atoms with Crippen LogP contribution in [0.25, 0.3) is 0 Å². The molecule has 1 unspecified atom stereocenters. The molecule has 2 fully saturated rings. The fraction of sp³-hybridized carbons (Fsp3) is 0.600. The van der Waals surface area contributed by atoms with E-state index in [9.17, 15) is 14.7 Å². The highest BCUT2D eigenvalue weighted by molar-refractivity contribution is 5.88. The van der Waals surface area contributed by atoms with Crippen LogP contribution >= 0.6 is 0 Å². The highest BCUT2D eigenvalue weighted by Crippen LogP contribution is 2.37. The molecule has 2 aliphatic heterocycles. The van der Waals surface area contributed by atoms with Crippen LogP contribution in [-0.4, -0.2) is 72.7 Å². The Morgan fingerprint density at radius 2 is 2.04 bits per heavy atom. The molecule has 27 heavy (non-hydrogen) atoms. The van der Waals surface area contributed by atoms with E-state index in [1.54, 1.807) is 0 Å². The third-order valence-electron chi connectivity index (χ3n) is 5.65. The van der Waals surface area contributed by atoms with Crippen LogP contribution in [0.5, 0.6) is 5.75 Å². The fourth-order valence-electron chi connectivity index (χ4n) is 4.06. The van der Waals surface area contributed by atoms with Crippen LogP contribution < -0.4 is 10.1 Å². The number of aliphatic carboxylic acids is 1. The van der Waals surface area contributed by atoms with Crippen molar-refractivity contribution in [3.05, 3.63) is 29.8 Å². The predicted molar refractivity (Wildman–Crippen MR) is 102 cm³/mol. The smallest absolute Gasteiger partial charge is 0.309 e. The Bertz CT molecular complexity index is 684. The highest BCUT2D eigenvalue weighted by atomic mass is 16.5. The zero-order chi connectivity index (χ0) is 19.4. The molecule has 0 saturated carbocycles. The van der Waals surface area contributed by atoms with Gasteiger partial charge in [-0.25, -0.2) is 0 Å². The molecule has 3 rings (SSSR count). The van der Waals surface area contributed by atoms with E-state index >= 15 is 0 Å². The van der Waals surface area contributed by atoms with Gasteiger partial charge in [0.15, 0.2) is 0 Å². The van der Waals surface area contributed by atoms with Crippen molar-refractivity contribution in [1.82, 2.24) is 15.1 Å². The Hall–Kier alpha value is -2.12. The lowest BCUT2D eigenvalue weighted by molar-refractivity contribution is -0.144. The Balaban J connectivity index is 1.60. The Morgan fingerprint density at radius 3 is 2.70 bits per heavy atom. The third kappa shape index (κ3) is 4.59. The summed E-state index contributed by atoms with van der Waals surface area (Å²) in [5.74, 6) is -0.733. The number of nitrogens with zero attached hydrogens (tertiary/aromatic N) is 2. The number of hydrogen-bond acceptors (Lipinski definition) is 5. The fourth-order valence-corrected chi connectivity index (χ4v) is 4.06. The number of ether oxygens (including phenoxy) is 1. The number of benzene rings is 1. The number of carboxylic acids is 1. The van der Waals surface area contributed by atoms with Crippen LogP contribution in [0.4, 0.5) is 0 Å². The predicted octanol–water partition coefficient (Wildman–Crippen LogP) is 1.18. The Labute approximate surface area is 160 Å². The van der Waals surface area contributed by atoms with Gasteiger partial charge in [-0.05, 0) is 33.0 Å². The summed E-state index contributed by atoms with van der Waals surface area (Å²) in [6.07, 6.45) is 1.43. The molecule has 2 N–H and O–H groups in total. The molecule has 148 valence electrons. The molecule has 0 bridgehead atoms. The second-order valence-corrected chi connectivity index (χ2v) is 7.83. The summed E-state index contributed by atoms with van der Waals surface area (Å²) in [5.41, 5.74) is 0.554. The van der Waals surface area contributed by atoms with Crippen LogP contribution in [0, 0.1) is 5.92 Å². The van der Waals surface area contributed by atoms with E-state index in [0.717, 1.165) is 37.5 Å². The monoisotopic (exact) mass is 375 g/mol. The van der Waals surface area contributed by atoms with Crippen LogP contribution in [0.2, 0.25) is 0 Å². The van der Waals surface area contributed by atoms with Crippen molar-refractivity contribution < 1.29 is 19.4 Å². The van der Waals surface area contributed by atoms with Gasteiger partial charge in [-0.2, -0.15) is 0 Å². The van der Waals surface area contributed by atoms with Gasteiger partial charge >= 0.3 is 5.97 Å². The number of likely N-dealkylation sites (tertiary alicyclic amines) is 1. The minimum atomic E-state index is -0.874. The molecule has 1 spiro atoms. The summed E-state index contributed by atoms with van der Waals surface area (Å²) in [6.45, 7) is 3.78. The summed E-state index contributed by atoms with van der Waals surface area (Å²) >= 11 is 0. The molecule has 2 heterocycles. The zero-order valence-electron chi connectivity index (χ0n) is 16.1. The molecule has 0 aromatic heterocycles. The number of amides is 1. The lowest BCUT2D eigenvalue weighted by atomic mass is 9.77. The van der Waals surface area contributed by atoms with Crippen molar-refractivity contribution in [2.75, 3.05) is 40.3 Å². The molecule has 0 aliphatic carbocycles. The number of carbonyl (C=O) groups excluding carboxylic acids is 1. The summed E-state index contributed by atoms with van der Waals surface area (Å²) in [6, 6.07) is 8.06. The van der Waals surface area contributed by atoms with Crippen LogP contribution in [0.3, 0.4) is 0 Å². The van der Waals surface area contributed by atoms with Crippen molar-refractivity contribution in [3.8, 4) is 5.75 Å². The van der Waals surface area contributed by atoms with E-state index in [1.165, 1.54) is 0 Å². The second kappa shape index (κ2) is 8.27. The van der Waals surface area contributed by atoms with Crippen LogP contribution in [-0.2, 0) is 16.1 Å². The maximum atomic E-state index is 11.8. The van der Waals surface area contributed by atoms with Gasteiger partial charge in [0.1, 0.15) is 12.4 Å². The molecule has 1 atom stereocenters.